The molecule has 0 aromatic rings. The first-order valence-electron chi connectivity index (χ1n) is 6.34. The number of nitrogens with one attached hydrogen (secondary N) is 1. The van der Waals surface area contributed by atoms with Crippen LogP contribution in [0.15, 0.2) is 12.7 Å². The summed E-state index contributed by atoms with van der Waals surface area (Å²) in [6, 6.07) is 0.419. The predicted octanol–water partition coefficient (Wildman–Crippen LogP) is 3.38. The normalized spacial score (nSPS) is 15.8. The lowest BCUT2D eigenvalue weighted by Crippen LogP contribution is -2.47. The highest BCUT2D eigenvalue weighted by Gasteiger charge is 2.31. The molecule has 0 aliphatic heterocycles. The maximum Gasteiger partial charge on any atom is 0.0772 e. The third kappa shape index (κ3) is 5.66. The van der Waals surface area contributed by atoms with Crippen molar-refractivity contribution in [1.82, 2.24) is 5.32 Å². The zero-order valence-corrected chi connectivity index (χ0v) is 11.7. The summed E-state index contributed by atoms with van der Waals surface area (Å²) in [6.45, 7) is 13.7. The summed E-state index contributed by atoms with van der Waals surface area (Å²) in [5.74, 6) is 0. The van der Waals surface area contributed by atoms with Crippen LogP contribution in [0.1, 0.15) is 47.0 Å². The van der Waals surface area contributed by atoms with Crippen molar-refractivity contribution in [1.29, 1.82) is 0 Å². The quantitative estimate of drug-likeness (QED) is 0.642. The number of allylic oxidation sites excluding steroid dienone is 1. The average Bonchev–Trinajstić information content (AvgIpc) is 2.20. The van der Waals surface area contributed by atoms with Gasteiger partial charge in [0.15, 0.2) is 0 Å². The standard InChI is InChI=1S/C14H29NO/c1-7-9-10-12(15-11-8-2)13(16-6)14(3,4)5/h7,12-13,15H,1,8-11H2,2-6H3. The molecule has 2 nitrogen and oxygen atoms in total. The largest absolute Gasteiger partial charge is 0.379 e. The van der Waals surface area contributed by atoms with Crippen molar-refractivity contribution >= 4 is 0 Å². The lowest BCUT2D eigenvalue weighted by molar-refractivity contribution is -0.0128. The molecule has 1 N–H and O–H groups in total. The van der Waals surface area contributed by atoms with E-state index in [0.29, 0.717) is 6.04 Å². The van der Waals surface area contributed by atoms with E-state index in [9.17, 15) is 0 Å². The Bertz CT molecular complexity index is 184. The zero-order chi connectivity index (χ0) is 12.6. The Labute approximate surface area is 101 Å². The van der Waals surface area contributed by atoms with E-state index in [1.54, 1.807) is 0 Å². The molecule has 0 bridgehead atoms. The van der Waals surface area contributed by atoms with Crippen LogP contribution in [0.2, 0.25) is 0 Å². The summed E-state index contributed by atoms with van der Waals surface area (Å²) in [4.78, 5) is 0. The molecule has 0 radical (unpaired) electrons. The van der Waals surface area contributed by atoms with Gasteiger partial charge in [-0.15, -0.1) is 6.58 Å². The molecular weight excluding hydrogens is 198 g/mol. The number of ether oxygens (including phenoxy) is 1. The van der Waals surface area contributed by atoms with E-state index >= 15 is 0 Å². The fourth-order valence-electron chi connectivity index (χ4n) is 2.11. The third-order valence-electron chi connectivity index (χ3n) is 2.81. The van der Waals surface area contributed by atoms with Crippen LogP contribution >= 0.6 is 0 Å². The first kappa shape index (κ1) is 15.7. The number of hydrogen-bond donors (Lipinski definition) is 1. The first-order chi connectivity index (χ1) is 7.47. The van der Waals surface area contributed by atoms with E-state index in [1.165, 1.54) is 0 Å². The maximum atomic E-state index is 5.67. The van der Waals surface area contributed by atoms with Crippen LogP contribution in [0.5, 0.6) is 0 Å². The van der Waals surface area contributed by atoms with E-state index < -0.39 is 0 Å². The zero-order valence-electron chi connectivity index (χ0n) is 11.7. The molecule has 2 heteroatoms. The van der Waals surface area contributed by atoms with Crippen molar-refractivity contribution in [3.8, 4) is 0 Å². The first-order valence-corrected chi connectivity index (χ1v) is 6.34. The molecule has 0 heterocycles. The molecule has 0 aromatic heterocycles. The molecule has 0 aliphatic rings. The van der Waals surface area contributed by atoms with Gasteiger partial charge in [-0.1, -0.05) is 33.8 Å². The second-order valence-corrected chi connectivity index (χ2v) is 5.45. The summed E-state index contributed by atoms with van der Waals surface area (Å²) >= 11 is 0. The van der Waals surface area contributed by atoms with E-state index in [2.05, 4.69) is 39.6 Å². The molecule has 2 unspecified atom stereocenters. The Hall–Kier alpha value is -0.340. The number of hydrogen-bond acceptors (Lipinski definition) is 2. The Morgan fingerprint density at radius 3 is 2.38 bits per heavy atom. The van der Waals surface area contributed by atoms with Gasteiger partial charge in [-0.2, -0.15) is 0 Å². The maximum absolute atomic E-state index is 5.67. The molecule has 0 saturated carbocycles. The Balaban J connectivity index is 4.48. The summed E-state index contributed by atoms with van der Waals surface area (Å²) in [5, 5.41) is 3.59. The lowest BCUT2D eigenvalue weighted by atomic mass is 9.83. The highest BCUT2D eigenvalue weighted by atomic mass is 16.5. The van der Waals surface area contributed by atoms with Crippen LogP contribution < -0.4 is 5.32 Å². The minimum Gasteiger partial charge on any atom is -0.379 e. The SMILES string of the molecule is C=CCCC(NCCC)C(OC)C(C)(C)C. The summed E-state index contributed by atoms with van der Waals surface area (Å²) in [7, 11) is 1.81. The van der Waals surface area contributed by atoms with Crippen LogP contribution in [0, 0.1) is 5.41 Å². The average molecular weight is 227 g/mol. The molecule has 0 amide bonds. The van der Waals surface area contributed by atoms with Gasteiger partial charge in [0, 0.05) is 13.2 Å². The van der Waals surface area contributed by atoms with Crippen molar-refractivity contribution in [2.75, 3.05) is 13.7 Å². The van der Waals surface area contributed by atoms with Crippen LogP contribution in [-0.4, -0.2) is 25.8 Å². The highest BCUT2D eigenvalue weighted by molar-refractivity contribution is 4.87. The lowest BCUT2D eigenvalue weighted by Gasteiger charge is -2.36. The smallest absolute Gasteiger partial charge is 0.0772 e. The summed E-state index contributed by atoms with van der Waals surface area (Å²) in [6.07, 6.45) is 5.52. The predicted molar refractivity (Wildman–Crippen MR) is 71.8 cm³/mol. The molecule has 0 rings (SSSR count). The van der Waals surface area contributed by atoms with Gasteiger partial charge in [-0.25, -0.2) is 0 Å². The highest BCUT2D eigenvalue weighted by Crippen LogP contribution is 2.26. The van der Waals surface area contributed by atoms with Crippen LogP contribution in [0.3, 0.4) is 0 Å². The van der Waals surface area contributed by atoms with Gasteiger partial charge < -0.3 is 10.1 Å². The molecule has 0 spiro atoms. The number of methoxy groups -OCH3 is 1. The second kappa shape index (κ2) is 7.86. The van der Waals surface area contributed by atoms with Crippen LogP contribution in [0.25, 0.3) is 0 Å². The monoisotopic (exact) mass is 227 g/mol. The molecule has 0 aliphatic carbocycles. The second-order valence-electron chi connectivity index (χ2n) is 5.45. The Kier molecular flexibility index (Phi) is 7.69. The molecule has 96 valence electrons. The van der Waals surface area contributed by atoms with Crippen molar-refractivity contribution < 1.29 is 4.74 Å². The van der Waals surface area contributed by atoms with Gasteiger partial charge in [0.05, 0.1) is 6.10 Å². The fourth-order valence-corrected chi connectivity index (χ4v) is 2.11. The minimum absolute atomic E-state index is 0.168. The van der Waals surface area contributed by atoms with Crippen molar-refractivity contribution in [3.63, 3.8) is 0 Å². The van der Waals surface area contributed by atoms with Gasteiger partial charge in [-0.05, 0) is 31.2 Å². The van der Waals surface area contributed by atoms with Crippen molar-refractivity contribution in [3.05, 3.63) is 12.7 Å². The molecule has 2 atom stereocenters. The van der Waals surface area contributed by atoms with E-state index in [4.69, 9.17) is 4.74 Å². The van der Waals surface area contributed by atoms with Crippen LogP contribution in [0.4, 0.5) is 0 Å². The van der Waals surface area contributed by atoms with Crippen molar-refractivity contribution in [2.45, 2.75) is 59.1 Å². The minimum atomic E-state index is 0.168. The van der Waals surface area contributed by atoms with E-state index in [1.807, 2.05) is 13.2 Å². The van der Waals surface area contributed by atoms with Gasteiger partial charge in [0.1, 0.15) is 0 Å². The molecule has 0 fully saturated rings. The van der Waals surface area contributed by atoms with Gasteiger partial charge in [0.2, 0.25) is 0 Å². The molecule has 16 heavy (non-hydrogen) atoms. The Morgan fingerprint density at radius 1 is 1.38 bits per heavy atom. The summed E-state index contributed by atoms with van der Waals surface area (Å²) in [5.41, 5.74) is 0.168. The Morgan fingerprint density at radius 2 is 2.00 bits per heavy atom. The van der Waals surface area contributed by atoms with E-state index in [-0.39, 0.29) is 11.5 Å². The fraction of sp³-hybridized carbons (Fsp3) is 0.857. The molecular formula is C14H29NO. The molecule has 0 saturated heterocycles. The van der Waals surface area contributed by atoms with Crippen LogP contribution in [-0.2, 0) is 4.74 Å². The van der Waals surface area contributed by atoms with Gasteiger partial charge >= 0.3 is 0 Å². The van der Waals surface area contributed by atoms with Gasteiger partial charge in [-0.3, -0.25) is 0 Å². The summed E-state index contributed by atoms with van der Waals surface area (Å²) < 4.78 is 5.67. The number of rotatable bonds is 8. The van der Waals surface area contributed by atoms with Crippen molar-refractivity contribution in [2.24, 2.45) is 5.41 Å². The molecule has 0 aromatic carbocycles. The van der Waals surface area contributed by atoms with E-state index in [0.717, 1.165) is 25.8 Å². The topological polar surface area (TPSA) is 21.3 Å². The third-order valence-corrected chi connectivity index (χ3v) is 2.81. The van der Waals surface area contributed by atoms with Gasteiger partial charge in [0.25, 0.3) is 0 Å².